The summed E-state index contributed by atoms with van der Waals surface area (Å²) in [4.78, 5) is 0. The van der Waals surface area contributed by atoms with Gasteiger partial charge in [0.2, 0.25) is 0 Å². The summed E-state index contributed by atoms with van der Waals surface area (Å²) >= 11 is 0. The normalized spacial score (nSPS) is 23.9. The van der Waals surface area contributed by atoms with Crippen molar-refractivity contribution in [2.45, 2.75) is 53.4 Å². The van der Waals surface area contributed by atoms with Gasteiger partial charge in [0.25, 0.3) is 0 Å². The first-order chi connectivity index (χ1) is 8.69. The summed E-state index contributed by atoms with van der Waals surface area (Å²) < 4.78 is 0. The molecule has 0 aromatic rings. The van der Waals surface area contributed by atoms with Crippen LogP contribution in [0.25, 0.3) is 0 Å². The van der Waals surface area contributed by atoms with E-state index in [0.29, 0.717) is 0 Å². The van der Waals surface area contributed by atoms with E-state index in [1.165, 1.54) is 22.3 Å². The fraction of sp³-hybridized carbons (Fsp3) is 0.625. The molecule has 0 amide bonds. The van der Waals surface area contributed by atoms with Crippen molar-refractivity contribution in [1.29, 1.82) is 10.5 Å². The second kappa shape index (κ2) is 6.41. The topological polar surface area (TPSA) is 47.6 Å². The van der Waals surface area contributed by atoms with Gasteiger partial charge in [-0.1, -0.05) is 27.7 Å². The molecule has 2 atom stereocenters. The molecule has 0 radical (unpaired) electrons. The van der Waals surface area contributed by atoms with Crippen LogP contribution >= 0.6 is 0 Å². The molecule has 1 aliphatic rings. The molecule has 0 fully saturated rings. The minimum Gasteiger partial charge on any atom is -0.198 e. The summed E-state index contributed by atoms with van der Waals surface area (Å²) in [5.74, 6) is -0.472. The molecular weight excluding hydrogens is 220 g/mol. The van der Waals surface area contributed by atoms with Gasteiger partial charge in [-0.25, -0.2) is 0 Å². The summed E-state index contributed by atoms with van der Waals surface area (Å²) in [6.07, 6.45) is 3.68. The third kappa shape index (κ3) is 2.21. The van der Waals surface area contributed by atoms with E-state index in [-0.39, 0.29) is 11.8 Å². The highest BCUT2D eigenvalue weighted by molar-refractivity contribution is 5.48. The average Bonchev–Trinajstić information content (AvgIpc) is 2.43. The molecule has 96 valence electrons. The molecular formula is C16H22N2. The van der Waals surface area contributed by atoms with E-state index in [1.807, 2.05) is 0 Å². The van der Waals surface area contributed by atoms with Crippen LogP contribution in [0.15, 0.2) is 22.3 Å². The van der Waals surface area contributed by atoms with Crippen molar-refractivity contribution >= 4 is 0 Å². The van der Waals surface area contributed by atoms with Gasteiger partial charge in [-0.05, 0) is 48.0 Å². The Hall–Kier alpha value is -1.54. The van der Waals surface area contributed by atoms with Gasteiger partial charge in [0.15, 0.2) is 0 Å². The Kier molecular flexibility index (Phi) is 5.17. The van der Waals surface area contributed by atoms with Crippen LogP contribution in [0.2, 0.25) is 0 Å². The second-order valence-electron chi connectivity index (χ2n) is 4.64. The minimum absolute atomic E-state index is 0.236. The molecule has 0 aliphatic heterocycles. The van der Waals surface area contributed by atoms with E-state index in [2.05, 4.69) is 39.8 Å². The molecule has 0 saturated carbocycles. The maximum atomic E-state index is 9.42. The molecule has 0 unspecified atom stereocenters. The first kappa shape index (κ1) is 14.5. The van der Waals surface area contributed by atoms with Crippen molar-refractivity contribution in [2.24, 2.45) is 11.8 Å². The van der Waals surface area contributed by atoms with Crippen molar-refractivity contribution in [2.75, 3.05) is 0 Å². The minimum atomic E-state index is -0.236. The van der Waals surface area contributed by atoms with Gasteiger partial charge < -0.3 is 0 Å². The van der Waals surface area contributed by atoms with Crippen molar-refractivity contribution in [1.82, 2.24) is 0 Å². The fourth-order valence-corrected chi connectivity index (χ4v) is 3.22. The van der Waals surface area contributed by atoms with Gasteiger partial charge in [-0.3, -0.25) is 0 Å². The van der Waals surface area contributed by atoms with E-state index in [0.717, 1.165) is 25.7 Å². The lowest BCUT2D eigenvalue weighted by Gasteiger charge is -2.32. The molecule has 2 nitrogen and oxygen atoms in total. The van der Waals surface area contributed by atoms with Gasteiger partial charge in [0, 0.05) is 0 Å². The van der Waals surface area contributed by atoms with Crippen LogP contribution in [0.1, 0.15) is 53.4 Å². The van der Waals surface area contributed by atoms with Crippen LogP contribution in [-0.4, -0.2) is 0 Å². The zero-order valence-electron chi connectivity index (χ0n) is 11.9. The molecule has 0 saturated heterocycles. The van der Waals surface area contributed by atoms with Crippen LogP contribution in [-0.2, 0) is 0 Å². The summed E-state index contributed by atoms with van der Waals surface area (Å²) in [5.41, 5.74) is 5.08. The first-order valence-electron chi connectivity index (χ1n) is 6.93. The predicted octanol–water partition coefficient (Wildman–Crippen LogP) is 4.51. The molecule has 0 N–H and O–H groups in total. The predicted molar refractivity (Wildman–Crippen MR) is 73.4 cm³/mol. The highest BCUT2D eigenvalue weighted by Crippen LogP contribution is 2.43. The quantitative estimate of drug-likeness (QED) is 0.728. The van der Waals surface area contributed by atoms with Crippen LogP contribution in [0.5, 0.6) is 0 Å². The number of hydrogen-bond donors (Lipinski definition) is 0. The molecule has 18 heavy (non-hydrogen) atoms. The highest BCUT2D eigenvalue weighted by Gasteiger charge is 2.34. The largest absolute Gasteiger partial charge is 0.198 e. The van der Waals surface area contributed by atoms with Crippen molar-refractivity contribution in [3.8, 4) is 12.1 Å². The number of rotatable bonds is 4. The maximum Gasteiger partial charge on any atom is 0.0874 e. The third-order valence-corrected chi connectivity index (χ3v) is 3.97. The molecule has 2 heteroatoms. The Morgan fingerprint density at radius 1 is 0.722 bits per heavy atom. The van der Waals surface area contributed by atoms with Crippen molar-refractivity contribution < 1.29 is 0 Å². The van der Waals surface area contributed by atoms with E-state index < -0.39 is 0 Å². The number of allylic oxidation sites excluding steroid dienone is 4. The Bertz CT molecular complexity index is 410. The number of hydrogen-bond acceptors (Lipinski definition) is 2. The van der Waals surface area contributed by atoms with Crippen LogP contribution in [0.3, 0.4) is 0 Å². The van der Waals surface area contributed by atoms with Crippen molar-refractivity contribution in [3.05, 3.63) is 22.3 Å². The first-order valence-corrected chi connectivity index (χ1v) is 6.93. The smallest absolute Gasteiger partial charge is 0.0874 e. The zero-order chi connectivity index (χ0) is 13.7. The van der Waals surface area contributed by atoms with Gasteiger partial charge in [-0.2, -0.15) is 10.5 Å². The number of nitrogens with zero attached hydrogens (tertiary/aromatic N) is 2. The summed E-state index contributed by atoms with van der Waals surface area (Å²) in [7, 11) is 0. The maximum absolute atomic E-state index is 9.42. The standard InChI is InChI=1S/C16H22N2/c1-5-11-12(6-2)14(8-4)16(10-18)15(9-17)13(11)7-3/h15-16H,5-8H2,1-4H3/t15-,16+. The van der Waals surface area contributed by atoms with Gasteiger partial charge in [-0.15, -0.1) is 0 Å². The van der Waals surface area contributed by atoms with Gasteiger partial charge in [0.1, 0.15) is 0 Å². The zero-order valence-corrected chi connectivity index (χ0v) is 11.9. The molecule has 1 aliphatic carbocycles. The monoisotopic (exact) mass is 242 g/mol. The summed E-state index contributed by atoms with van der Waals surface area (Å²) in [5, 5.41) is 18.8. The molecule has 0 spiro atoms. The molecule has 0 heterocycles. The van der Waals surface area contributed by atoms with Crippen molar-refractivity contribution in [3.63, 3.8) is 0 Å². The summed E-state index contributed by atoms with van der Waals surface area (Å²) in [6, 6.07) is 4.73. The van der Waals surface area contributed by atoms with Gasteiger partial charge in [0.05, 0.1) is 24.0 Å². The van der Waals surface area contributed by atoms with E-state index in [9.17, 15) is 10.5 Å². The Balaban J connectivity index is 3.52. The lowest BCUT2D eigenvalue weighted by Crippen LogP contribution is -2.24. The van der Waals surface area contributed by atoms with Crippen LogP contribution in [0, 0.1) is 34.5 Å². The van der Waals surface area contributed by atoms with Gasteiger partial charge >= 0.3 is 0 Å². The van der Waals surface area contributed by atoms with E-state index in [4.69, 9.17) is 0 Å². The van der Waals surface area contributed by atoms with E-state index >= 15 is 0 Å². The molecule has 0 aromatic heterocycles. The lowest BCUT2D eigenvalue weighted by molar-refractivity contribution is 0.564. The Morgan fingerprint density at radius 3 is 1.22 bits per heavy atom. The lowest BCUT2D eigenvalue weighted by atomic mass is 9.70. The Morgan fingerprint density at radius 2 is 1.06 bits per heavy atom. The Labute approximate surface area is 111 Å². The van der Waals surface area contributed by atoms with Crippen LogP contribution < -0.4 is 0 Å². The molecule has 0 bridgehead atoms. The highest BCUT2D eigenvalue weighted by atomic mass is 14.4. The SMILES string of the molecule is CCC1=C(CC)[C@@H](C#N)[C@@H](C#N)C(CC)=C1CC. The molecule has 0 aromatic carbocycles. The number of nitriles is 2. The molecule has 1 rings (SSSR count). The summed E-state index contributed by atoms with van der Waals surface area (Å²) in [6.45, 7) is 8.48. The average molecular weight is 242 g/mol. The fourth-order valence-electron chi connectivity index (χ4n) is 3.22. The third-order valence-electron chi connectivity index (χ3n) is 3.97. The van der Waals surface area contributed by atoms with Crippen LogP contribution in [0.4, 0.5) is 0 Å². The van der Waals surface area contributed by atoms with E-state index in [1.54, 1.807) is 0 Å². The second-order valence-corrected chi connectivity index (χ2v) is 4.64.